The van der Waals surface area contributed by atoms with E-state index >= 15 is 0 Å². The average Bonchev–Trinajstić information content (AvgIpc) is 2.68. The van der Waals surface area contributed by atoms with Crippen molar-refractivity contribution >= 4 is 27.6 Å². The van der Waals surface area contributed by atoms with E-state index in [0.717, 1.165) is 5.56 Å². The van der Waals surface area contributed by atoms with Crippen molar-refractivity contribution in [3.63, 3.8) is 0 Å². The van der Waals surface area contributed by atoms with Crippen molar-refractivity contribution in [3.8, 4) is 0 Å². The van der Waals surface area contributed by atoms with Crippen LogP contribution in [0.5, 0.6) is 0 Å². The Morgan fingerprint density at radius 2 is 1.55 bits per heavy atom. The van der Waals surface area contributed by atoms with Gasteiger partial charge in [0.2, 0.25) is 0 Å². The summed E-state index contributed by atoms with van der Waals surface area (Å²) in [5.74, 6) is -1.49. The molecule has 1 heterocycles. The van der Waals surface area contributed by atoms with Gasteiger partial charge >= 0.3 is 5.97 Å². The van der Waals surface area contributed by atoms with Crippen molar-refractivity contribution in [1.29, 1.82) is 0 Å². The molecule has 166 valence electrons. The lowest BCUT2D eigenvalue weighted by atomic mass is 9.96. The van der Waals surface area contributed by atoms with E-state index in [0.29, 0.717) is 53.9 Å². The minimum absolute atomic E-state index is 0.230. The second-order valence-electron chi connectivity index (χ2n) is 8.27. The normalized spacial score (nSPS) is 15.0. The number of piperidine rings is 1. The number of anilines is 1. The first kappa shape index (κ1) is 22.8. The predicted molar refractivity (Wildman–Crippen MR) is 119 cm³/mol. The molecule has 1 amide bonds. The van der Waals surface area contributed by atoms with E-state index < -0.39 is 21.9 Å². The predicted octanol–water partition coefficient (Wildman–Crippen LogP) is 3.66. The summed E-state index contributed by atoms with van der Waals surface area (Å²) in [5.41, 5.74) is 3.74. The number of sulfonamides is 1. The Morgan fingerprint density at radius 1 is 0.968 bits per heavy atom. The first-order valence-corrected chi connectivity index (χ1v) is 11.7. The van der Waals surface area contributed by atoms with Gasteiger partial charge in [-0.15, -0.1) is 0 Å². The number of nitrogens with one attached hydrogen (secondary N) is 1. The van der Waals surface area contributed by atoms with Crippen LogP contribution in [-0.4, -0.2) is 43.4 Å². The van der Waals surface area contributed by atoms with Crippen LogP contribution < -0.4 is 4.72 Å². The van der Waals surface area contributed by atoms with E-state index in [9.17, 15) is 18.0 Å². The van der Waals surface area contributed by atoms with Gasteiger partial charge < -0.3 is 10.0 Å². The lowest BCUT2D eigenvalue weighted by molar-refractivity contribution is -0.143. The summed E-state index contributed by atoms with van der Waals surface area (Å²) in [7, 11) is -3.84. The monoisotopic (exact) mass is 444 g/mol. The highest BCUT2D eigenvalue weighted by molar-refractivity contribution is 7.92. The number of rotatable bonds is 5. The van der Waals surface area contributed by atoms with E-state index in [1.807, 2.05) is 19.1 Å². The quantitative estimate of drug-likeness (QED) is 0.732. The fourth-order valence-electron chi connectivity index (χ4n) is 4.16. The molecule has 2 aromatic carbocycles. The number of carboxylic acid groups (broad SMARTS) is 1. The molecule has 7 nitrogen and oxygen atoms in total. The highest BCUT2D eigenvalue weighted by atomic mass is 32.2. The van der Waals surface area contributed by atoms with E-state index in [1.54, 1.807) is 43.9 Å². The van der Waals surface area contributed by atoms with E-state index in [1.165, 1.54) is 0 Å². The molecule has 31 heavy (non-hydrogen) atoms. The van der Waals surface area contributed by atoms with Gasteiger partial charge in [0.25, 0.3) is 15.9 Å². The third kappa shape index (κ3) is 4.90. The number of nitrogens with zero attached hydrogens (tertiary/aromatic N) is 1. The molecule has 2 N–H and O–H groups in total. The minimum Gasteiger partial charge on any atom is -0.481 e. The number of aryl methyl sites for hydroxylation is 4. The van der Waals surface area contributed by atoms with Gasteiger partial charge in [-0.3, -0.25) is 14.3 Å². The SMILES string of the molecule is Cc1cc(C)c(S(=O)(=O)Nc2cc(C(=O)N3CCC(C(=O)O)CC3)ccc2C)c(C)c1. The Labute approximate surface area is 183 Å². The van der Waals surface area contributed by atoms with E-state index in [-0.39, 0.29) is 10.8 Å². The van der Waals surface area contributed by atoms with Crippen LogP contribution in [0.4, 0.5) is 5.69 Å². The standard InChI is InChI=1S/C23H28N2O5S/c1-14-11-16(3)21(17(4)12-14)31(29,30)24-20-13-19(6-5-15(20)2)22(26)25-9-7-18(8-10-25)23(27)28/h5-6,11-13,18,24H,7-10H2,1-4H3,(H,27,28). The lowest BCUT2D eigenvalue weighted by Gasteiger charge is -2.30. The van der Waals surface area contributed by atoms with Gasteiger partial charge in [0.05, 0.1) is 16.5 Å². The fraction of sp³-hybridized carbons (Fsp3) is 0.391. The van der Waals surface area contributed by atoms with Crippen LogP contribution in [0.2, 0.25) is 0 Å². The highest BCUT2D eigenvalue weighted by Gasteiger charge is 2.28. The smallest absolute Gasteiger partial charge is 0.306 e. The minimum atomic E-state index is -3.84. The van der Waals surface area contributed by atoms with Crippen molar-refractivity contribution in [2.24, 2.45) is 5.92 Å². The Hall–Kier alpha value is -2.87. The molecule has 0 saturated carbocycles. The number of carboxylic acids is 1. The second kappa shape index (κ2) is 8.70. The Balaban J connectivity index is 1.85. The molecule has 0 aromatic heterocycles. The molecule has 1 saturated heterocycles. The maximum Gasteiger partial charge on any atom is 0.306 e. The molecule has 0 radical (unpaired) electrons. The van der Waals surface area contributed by atoms with Gasteiger partial charge in [-0.05, 0) is 69.4 Å². The zero-order chi connectivity index (χ0) is 22.9. The van der Waals surface area contributed by atoms with Gasteiger partial charge in [0, 0.05) is 18.7 Å². The van der Waals surface area contributed by atoms with Crippen LogP contribution in [0.3, 0.4) is 0 Å². The van der Waals surface area contributed by atoms with Crippen molar-refractivity contribution in [2.75, 3.05) is 17.8 Å². The van der Waals surface area contributed by atoms with Crippen LogP contribution >= 0.6 is 0 Å². The second-order valence-corrected chi connectivity index (χ2v) is 9.89. The van der Waals surface area contributed by atoms with Crippen LogP contribution in [0.15, 0.2) is 35.2 Å². The van der Waals surface area contributed by atoms with Gasteiger partial charge in [0.1, 0.15) is 0 Å². The van der Waals surface area contributed by atoms with Crippen molar-refractivity contribution in [3.05, 3.63) is 58.1 Å². The third-order valence-corrected chi connectivity index (χ3v) is 7.40. The molecule has 3 rings (SSSR count). The maximum absolute atomic E-state index is 13.1. The highest BCUT2D eigenvalue weighted by Crippen LogP contribution is 2.27. The maximum atomic E-state index is 13.1. The first-order chi connectivity index (χ1) is 14.5. The average molecular weight is 445 g/mol. The number of aliphatic carboxylic acids is 1. The van der Waals surface area contributed by atoms with Gasteiger partial charge in [-0.25, -0.2) is 8.42 Å². The van der Waals surface area contributed by atoms with Gasteiger partial charge in [-0.2, -0.15) is 0 Å². The topological polar surface area (TPSA) is 104 Å². The molecule has 0 bridgehead atoms. The van der Waals surface area contributed by atoms with Crippen LogP contribution in [-0.2, 0) is 14.8 Å². The molecule has 0 aliphatic carbocycles. The first-order valence-electron chi connectivity index (χ1n) is 10.2. The Bertz CT molecular complexity index is 1110. The Morgan fingerprint density at radius 3 is 2.10 bits per heavy atom. The zero-order valence-electron chi connectivity index (χ0n) is 18.2. The molecular formula is C23H28N2O5S. The van der Waals surface area contributed by atoms with Gasteiger partial charge in [0.15, 0.2) is 0 Å². The molecule has 1 aliphatic heterocycles. The molecule has 8 heteroatoms. The number of carbonyl (C=O) groups excluding carboxylic acids is 1. The fourth-order valence-corrected chi connectivity index (χ4v) is 5.74. The summed E-state index contributed by atoms with van der Waals surface area (Å²) in [6.07, 6.45) is 0.830. The molecule has 2 aromatic rings. The Kier molecular flexibility index (Phi) is 6.40. The largest absolute Gasteiger partial charge is 0.481 e. The van der Waals surface area contributed by atoms with Crippen LogP contribution in [0, 0.1) is 33.6 Å². The number of carbonyl (C=O) groups is 2. The number of hydrogen-bond acceptors (Lipinski definition) is 4. The summed E-state index contributed by atoms with van der Waals surface area (Å²) in [6.45, 7) is 7.96. The van der Waals surface area contributed by atoms with Crippen molar-refractivity contribution in [2.45, 2.75) is 45.4 Å². The zero-order valence-corrected chi connectivity index (χ0v) is 19.0. The van der Waals surface area contributed by atoms with E-state index in [2.05, 4.69) is 4.72 Å². The summed E-state index contributed by atoms with van der Waals surface area (Å²) in [4.78, 5) is 25.9. The molecule has 1 aliphatic rings. The molecule has 0 atom stereocenters. The molecule has 0 spiro atoms. The number of likely N-dealkylation sites (tertiary alicyclic amines) is 1. The number of amides is 1. The van der Waals surface area contributed by atoms with Gasteiger partial charge in [-0.1, -0.05) is 23.8 Å². The lowest BCUT2D eigenvalue weighted by Crippen LogP contribution is -2.40. The number of hydrogen-bond donors (Lipinski definition) is 2. The van der Waals surface area contributed by atoms with Crippen LogP contribution in [0.1, 0.15) is 45.5 Å². The van der Waals surface area contributed by atoms with Crippen LogP contribution in [0.25, 0.3) is 0 Å². The van der Waals surface area contributed by atoms with Crippen molar-refractivity contribution in [1.82, 2.24) is 4.90 Å². The molecule has 1 fully saturated rings. The summed E-state index contributed by atoms with van der Waals surface area (Å²) in [6, 6.07) is 8.59. The molecular weight excluding hydrogens is 416 g/mol. The summed E-state index contributed by atoms with van der Waals surface area (Å²) in [5, 5.41) is 9.13. The molecule has 0 unspecified atom stereocenters. The third-order valence-electron chi connectivity index (χ3n) is 5.73. The van der Waals surface area contributed by atoms with E-state index in [4.69, 9.17) is 5.11 Å². The summed E-state index contributed by atoms with van der Waals surface area (Å²) >= 11 is 0. The summed E-state index contributed by atoms with van der Waals surface area (Å²) < 4.78 is 28.9. The number of benzene rings is 2. The van der Waals surface area contributed by atoms with Crippen molar-refractivity contribution < 1.29 is 23.1 Å².